The van der Waals surface area contributed by atoms with Crippen molar-refractivity contribution in [3.8, 4) is 0 Å². The highest BCUT2D eigenvalue weighted by molar-refractivity contribution is 6.03. The van der Waals surface area contributed by atoms with E-state index in [1.807, 2.05) is 0 Å². The number of carbonyl (C=O) groups excluding carboxylic acids is 3. The molecule has 2 amide bonds. The van der Waals surface area contributed by atoms with Crippen LogP contribution in [-0.2, 0) is 14.3 Å². The molecule has 2 rings (SSSR count). The van der Waals surface area contributed by atoms with Crippen LogP contribution in [0, 0.1) is 0 Å². The molecule has 0 saturated heterocycles. The van der Waals surface area contributed by atoms with Crippen molar-refractivity contribution >= 4 is 23.5 Å². The number of para-hydroxylation sites is 1. The zero-order valence-electron chi connectivity index (χ0n) is 13.6. The van der Waals surface area contributed by atoms with Crippen molar-refractivity contribution < 1.29 is 19.1 Å². The van der Waals surface area contributed by atoms with Gasteiger partial charge in [-0.2, -0.15) is 0 Å². The van der Waals surface area contributed by atoms with Crippen molar-refractivity contribution in [2.45, 2.75) is 12.1 Å². The first-order chi connectivity index (χ1) is 12.0. The molecule has 0 spiro atoms. The number of hydrogen-bond donors (Lipinski definition) is 3. The lowest BCUT2D eigenvalue weighted by Gasteiger charge is -2.22. The van der Waals surface area contributed by atoms with E-state index in [1.54, 1.807) is 60.7 Å². The number of esters is 1. The maximum absolute atomic E-state index is 12.5. The molecular weight excluding hydrogens is 322 g/mol. The quantitative estimate of drug-likeness (QED) is 0.677. The average molecular weight is 341 g/mol. The first-order valence-corrected chi connectivity index (χ1v) is 7.58. The lowest BCUT2D eigenvalue weighted by Crippen LogP contribution is -2.57. The van der Waals surface area contributed by atoms with Gasteiger partial charge in [-0.15, -0.1) is 0 Å². The van der Waals surface area contributed by atoms with Gasteiger partial charge in [0.1, 0.15) is 12.1 Å². The Kier molecular flexibility index (Phi) is 6.25. The molecule has 25 heavy (non-hydrogen) atoms. The molecule has 2 atom stereocenters. The summed E-state index contributed by atoms with van der Waals surface area (Å²) in [6.45, 7) is 0. The average Bonchev–Trinajstić information content (AvgIpc) is 2.66. The molecule has 0 aromatic heterocycles. The van der Waals surface area contributed by atoms with E-state index in [9.17, 15) is 14.4 Å². The van der Waals surface area contributed by atoms with Crippen LogP contribution in [0.4, 0.5) is 5.69 Å². The molecule has 0 bridgehead atoms. The van der Waals surface area contributed by atoms with E-state index in [4.69, 9.17) is 5.73 Å². The first-order valence-electron chi connectivity index (χ1n) is 7.58. The van der Waals surface area contributed by atoms with Crippen LogP contribution in [-0.4, -0.2) is 37.0 Å². The largest absolute Gasteiger partial charge is 0.468 e. The number of nitrogens with two attached hydrogens (primary N) is 1. The van der Waals surface area contributed by atoms with Gasteiger partial charge < -0.3 is 21.1 Å². The van der Waals surface area contributed by atoms with Gasteiger partial charge in [-0.05, 0) is 24.3 Å². The van der Waals surface area contributed by atoms with Crippen molar-refractivity contribution in [2.24, 2.45) is 5.73 Å². The maximum atomic E-state index is 12.5. The number of anilines is 1. The Bertz CT molecular complexity index is 735. The number of rotatable bonds is 6. The summed E-state index contributed by atoms with van der Waals surface area (Å²) in [6, 6.07) is 14.3. The summed E-state index contributed by atoms with van der Waals surface area (Å²) >= 11 is 0. The van der Waals surface area contributed by atoms with Crippen LogP contribution in [0.15, 0.2) is 60.7 Å². The number of carbonyl (C=O) groups is 3. The van der Waals surface area contributed by atoms with E-state index in [-0.39, 0.29) is 0 Å². The molecule has 2 aromatic rings. The van der Waals surface area contributed by atoms with Gasteiger partial charge in [0.2, 0.25) is 5.91 Å². The Morgan fingerprint density at radius 3 is 2.08 bits per heavy atom. The monoisotopic (exact) mass is 341 g/mol. The van der Waals surface area contributed by atoms with Crippen LogP contribution >= 0.6 is 0 Å². The van der Waals surface area contributed by atoms with Gasteiger partial charge in [-0.25, -0.2) is 0 Å². The Hall–Kier alpha value is -3.19. The van der Waals surface area contributed by atoms with Gasteiger partial charge in [-0.1, -0.05) is 36.4 Å². The van der Waals surface area contributed by atoms with Gasteiger partial charge in [-0.3, -0.25) is 14.4 Å². The molecule has 0 aliphatic heterocycles. The van der Waals surface area contributed by atoms with Gasteiger partial charge >= 0.3 is 5.97 Å². The molecule has 0 fully saturated rings. The van der Waals surface area contributed by atoms with Crippen molar-refractivity contribution in [3.63, 3.8) is 0 Å². The SMILES string of the molecule is COC(=O)C(N)[C@H](NC(=O)c1ccccc1)C(=O)Nc1ccccc1. The van der Waals surface area contributed by atoms with Crippen LogP contribution < -0.4 is 16.4 Å². The number of nitrogens with one attached hydrogen (secondary N) is 2. The molecule has 0 heterocycles. The van der Waals surface area contributed by atoms with Crippen LogP contribution in [0.5, 0.6) is 0 Å². The van der Waals surface area contributed by atoms with Crippen molar-refractivity contribution in [1.29, 1.82) is 0 Å². The van der Waals surface area contributed by atoms with E-state index in [1.165, 1.54) is 0 Å². The third-order valence-corrected chi connectivity index (χ3v) is 3.48. The van der Waals surface area contributed by atoms with Gasteiger partial charge in [0.25, 0.3) is 5.91 Å². The topological polar surface area (TPSA) is 111 Å². The lowest BCUT2D eigenvalue weighted by molar-refractivity contribution is -0.144. The van der Waals surface area contributed by atoms with Crippen LogP contribution in [0.3, 0.4) is 0 Å². The summed E-state index contributed by atoms with van der Waals surface area (Å²) in [4.78, 5) is 36.6. The number of hydrogen-bond acceptors (Lipinski definition) is 5. The van der Waals surface area contributed by atoms with Crippen molar-refractivity contribution in [1.82, 2.24) is 5.32 Å². The second-order valence-electron chi connectivity index (χ2n) is 5.22. The number of ether oxygens (including phenoxy) is 1. The standard InChI is InChI=1S/C18H19N3O4/c1-25-18(24)14(19)15(17(23)20-13-10-6-3-7-11-13)21-16(22)12-8-4-2-5-9-12/h2-11,14-15H,19H2,1H3,(H,20,23)(H,21,22)/t14?,15-/m0/s1. The fourth-order valence-electron chi connectivity index (χ4n) is 2.15. The van der Waals surface area contributed by atoms with Crippen LogP contribution in [0.25, 0.3) is 0 Å². The summed E-state index contributed by atoms with van der Waals surface area (Å²) in [5.41, 5.74) is 6.66. The van der Waals surface area contributed by atoms with Gasteiger partial charge in [0, 0.05) is 11.3 Å². The summed E-state index contributed by atoms with van der Waals surface area (Å²) in [7, 11) is 1.16. The fraction of sp³-hybridized carbons (Fsp3) is 0.167. The predicted molar refractivity (Wildman–Crippen MR) is 92.8 cm³/mol. The molecule has 0 aliphatic carbocycles. The Morgan fingerprint density at radius 2 is 1.52 bits per heavy atom. The minimum atomic E-state index is -1.35. The zero-order valence-corrected chi connectivity index (χ0v) is 13.6. The van der Waals surface area contributed by atoms with Gasteiger partial charge in [0.15, 0.2) is 0 Å². The normalized spacial score (nSPS) is 12.6. The highest BCUT2D eigenvalue weighted by Crippen LogP contribution is 2.08. The summed E-state index contributed by atoms with van der Waals surface area (Å²) in [5, 5.41) is 5.11. The summed E-state index contributed by atoms with van der Waals surface area (Å²) in [6.07, 6.45) is 0. The van der Waals surface area contributed by atoms with E-state index in [0.29, 0.717) is 11.3 Å². The number of methoxy groups -OCH3 is 1. The molecule has 0 saturated carbocycles. The molecule has 1 unspecified atom stereocenters. The zero-order chi connectivity index (χ0) is 18.2. The molecule has 0 radical (unpaired) electrons. The Balaban J connectivity index is 2.19. The van der Waals surface area contributed by atoms with E-state index in [2.05, 4.69) is 15.4 Å². The van der Waals surface area contributed by atoms with E-state index < -0.39 is 29.9 Å². The minimum Gasteiger partial charge on any atom is -0.468 e. The predicted octanol–water partition coefficient (Wildman–Crippen LogP) is 0.924. The Labute approximate surface area is 145 Å². The number of amides is 2. The van der Waals surface area contributed by atoms with Crippen molar-refractivity contribution in [3.05, 3.63) is 66.2 Å². The van der Waals surface area contributed by atoms with E-state index in [0.717, 1.165) is 7.11 Å². The minimum absolute atomic E-state index is 0.345. The maximum Gasteiger partial charge on any atom is 0.325 e. The second kappa shape index (κ2) is 8.60. The van der Waals surface area contributed by atoms with Crippen molar-refractivity contribution in [2.75, 3.05) is 12.4 Å². The third-order valence-electron chi connectivity index (χ3n) is 3.48. The molecular formula is C18H19N3O4. The number of benzene rings is 2. The van der Waals surface area contributed by atoms with E-state index >= 15 is 0 Å². The smallest absolute Gasteiger partial charge is 0.325 e. The second-order valence-corrected chi connectivity index (χ2v) is 5.22. The fourth-order valence-corrected chi connectivity index (χ4v) is 2.15. The highest BCUT2D eigenvalue weighted by Gasteiger charge is 2.33. The molecule has 4 N–H and O–H groups in total. The molecule has 7 nitrogen and oxygen atoms in total. The summed E-state index contributed by atoms with van der Waals surface area (Å²) < 4.78 is 4.59. The molecule has 0 aliphatic rings. The molecule has 2 aromatic carbocycles. The summed E-state index contributed by atoms with van der Waals surface area (Å²) in [5.74, 6) is -1.94. The van der Waals surface area contributed by atoms with Crippen LogP contribution in [0.1, 0.15) is 10.4 Å². The molecule has 7 heteroatoms. The van der Waals surface area contributed by atoms with Gasteiger partial charge in [0.05, 0.1) is 7.11 Å². The Morgan fingerprint density at radius 1 is 0.960 bits per heavy atom. The first kappa shape index (κ1) is 18.2. The highest BCUT2D eigenvalue weighted by atomic mass is 16.5. The lowest BCUT2D eigenvalue weighted by atomic mass is 10.1. The third kappa shape index (κ3) is 4.89. The van der Waals surface area contributed by atoms with Crippen LogP contribution in [0.2, 0.25) is 0 Å². The molecule has 130 valence electrons.